The summed E-state index contributed by atoms with van der Waals surface area (Å²) < 4.78 is 14.7. The van der Waals surface area contributed by atoms with Gasteiger partial charge >= 0.3 is 0 Å². The molecule has 3 N–H and O–H groups in total. The van der Waals surface area contributed by atoms with E-state index in [1.807, 2.05) is 30.3 Å². The number of amides is 2. The summed E-state index contributed by atoms with van der Waals surface area (Å²) >= 11 is 5.78. The highest BCUT2D eigenvalue weighted by Crippen LogP contribution is 2.23. The number of hydrogen-bond donors (Lipinski definition) is 2. The highest BCUT2D eigenvalue weighted by atomic mass is 35.5. The van der Waals surface area contributed by atoms with Gasteiger partial charge in [-0.05, 0) is 24.3 Å². The zero-order chi connectivity index (χ0) is 20.5. The SMILES string of the molecule is NC(=O)c1ncn2c(C(=O)Nc3ccc(F)c(Cl)c3)cc(-c3ccccc3)nc12. The van der Waals surface area contributed by atoms with E-state index >= 15 is 0 Å². The maximum Gasteiger partial charge on any atom is 0.272 e. The molecule has 0 radical (unpaired) electrons. The second-order valence-corrected chi connectivity index (χ2v) is 6.53. The predicted octanol–water partition coefficient (Wildman–Crippen LogP) is 3.54. The molecule has 0 unspecified atom stereocenters. The van der Waals surface area contributed by atoms with E-state index < -0.39 is 17.6 Å². The van der Waals surface area contributed by atoms with Gasteiger partial charge in [-0.25, -0.2) is 14.4 Å². The van der Waals surface area contributed by atoms with Crippen molar-refractivity contribution in [1.29, 1.82) is 0 Å². The molecule has 0 spiro atoms. The van der Waals surface area contributed by atoms with Crippen molar-refractivity contribution in [3.63, 3.8) is 0 Å². The molecule has 144 valence electrons. The monoisotopic (exact) mass is 409 g/mol. The third-order valence-corrected chi connectivity index (χ3v) is 4.50. The van der Waals surface area contributed by atoms with Gasteiger partial charge in [-0.1, -0.05) is 41.9 Å². The number of rotatable bonds is 4. The number of carbonyl (C=O) groups excluding carboxylic acids is 2. The molecule has 4 rings (SSSR count). The molecule has 2 amide bonds. The number of carbonyl (C=O) groups is 2. The van der Waals surface area contributed by atoms with E-state index in [1.54, 1.807) is 6.07 Å². The van der Waals surface area contributed by atoms with Gasteiger partial charge in [0.05, 0.1) is 10.7 Å². The van der Waals surface area contributed by atoms with Crippen LogP contribution in [0.1, 0.15) is 21.0 Å². The largest absolute Gasteiger partial charge is 0.364 e. The number of imidazole rings is 1. The van der Waals surface area contributed by atoms with Crippen LogP contribution >= 0.6 is 11.6 Å². The number of halogens is 2. The first-order valence-electron chi connectivity index (χ1n) is 8.44. The number of primary amides is 1. The maximum absolute atomic E-state index is 13.4. The lowest BCUT2D eigenvalue weighted by molar-refractivity contribution is 0.0993. The second-order valence-electron chi connectivity index (χ2n) is 6.13. The molecule has 0 aliphatic carbocycles. The Labute approximate surface area is 169 Å². The van der Waals surface area contributed by atoms with Gasteiger partial charge in [-0.15, -0.1) is 0 Å². The average Bonchev–Trinajstić information content (AvgIpc) is 3.15. The molecule has 2 aromatic heterocycles. The van der Waals surface area contributed by atoms with E-state index in [0.717, 1.165) is 11.6 Å². The molecule has 2 aromatic carbocycles. The van der Waals surface area contributed by atoms with Gasteiger partial charge in [-0.3, -0.25) is 14.0 Å². The van der Waals surface area contributed by atoms with Crippen molar-refractivity contribution < 1.29 is 14.0 Å². The molecular weight excluding hydrogens is 397 g/mol. The van der Waals surface area contributed by atoms with Gasteiger partial charge in [0.1, 0.15) is 17.8 Å². The molecule has 0 atom stereocenters. The number of fused-ring (bicyclic) bond motifs is 1. The van der Waals surface area contributed by atoms with Gasteiger partial charge in [0.2, 0.25) is 0 Å². The maximum atomic E-state index is 13.4. The van der Waals surface area contributed by atoms with Gasteiger partial charge in [0, 0.05) is 11.3 Å². The summed E-state index contributed by atoms with van der Waals surface area (Å²) in [7, 11) is 0. The first-order chi connectivity index (χ1) is 13.9. The first kappa shape index (κ1) is 18.6. The van der Waals surface area contributed by atoms with Gasteiger partial charge in [0.25, 0.3) is 11.8 Å². The van der Waals surface area contributed by atoms with E-state index in [9.17, 15) is 14.0 Å². The Hall–Kier alpha value is -3.78. The molecule has 0 bridgehead atoms. The lowest BCUT2D eigenvalue weighted by Gasteiger charge is -2.10. The minimum absolute atomic E-state index is 0.0540. The van der Waals surface area contributed by atoms with Crippen molar-refractivity contribution in [2.75, 3.05) is 5.32 Å². The number of benzene rings is 2. The minimum Gasteiger partial charge on any atom is -0.364 e. The van der Waals surface area contributed by atoms with Crippen molar-refractivity contribution in [3.05, 3.63) is 83.2 Å². The second kappa shape index (κ2) is 7.33. The fourth-order valence-corrected chi connectivity index (χ4v) is 3.03. The normalized spacial score (nSPS) is 10.8. The van der Waals surface area contributed by atoms with Crippen LogP contribution in [0.2, 0.25) is 5.02 Å². The first-order valence-corrected chi connectivity index (χ1v) is 8.81. The molecule has 7 nitrogen and oxygen atoms in total. The fraction of sp³-hybridized carbons (Fsp3) is 0. The van der Waals surface area contributed by atoms with Crippen LogP contribution in [0.15, 0.2) is 60.9 Å². The lowest BCUT2D eigenvalue weighted by Crippen LogP contribution is -2.17. The summed E-state index contributed by atoms with van der Waals surface area (Å²) in [6, 6.07) is 14.5. The predicted molar refractivity (Wildman–Crippen MR) is 106 cm³/mol. The van der Waals surface area contributed by atoms with Gasteiger partial charge < -0.3 is 11.1 Å². The third-order valence-electron chi connectivity index (χ3n) is 4.21. The number of nitrogens with one attached hydrogen (secondary N) is 1. The Balaban J connectivity index is 1.84. The summed E-state index contributed by atoms with van der Waals surface area (Å²) in [6.07, 6.45) is 1.30. The van der Waals surface area contributed by atoms with Gasteiger partial charge in [-0.2, -0.15) is 0 Å². The third kappa shape index (κ3) is 3.53. The highest BCUT2D eigenvalue weighted by molar-refractivity contribution is 6.31. The molecular formula is C20H13ClFN5O2. The quantitative estimate of drug-likeness (QED) is 0.538. The summed E-state index contributed by atoms with van der Waals surface area (Å²) in [5.41, 5.74) is 7.16. The smallest absolute Gasteiger partial charge is 0.272 e. The number of nitrogens with zero attached hydrogens (tertiary/aromatic N) is 3. The van der Waals surface area contributed by atoms with E-state index in [-0.39, 0.29) is 22.1 Å². The van der Waals surface area contributed by atoms with Crippen LogP contribution in [0.25, 0.3) is 16.9 Å². The average molecular weight is 410 g/mol. The topological polar surface area (TPSA) is 102 Å². The zero-order valence-electron chi connectivity index (χ0n) is 14.8. The Morgan fingerprint density at radius 2 is 1.86 bits per heavy atom. The molecule has 2 heterocycles. The molecule has 0 fully saturated rings. The van der Waals surface area contributed by atoms with E-state index in [0.29, 0.717) is 11.4 Å². The summed E-state index contributed by atoms with van der Waals surface area (Å²) in [6.45, 7) is 0. The Morgan fingerprint density at radius 1 is 1.10 bits per heavy atom. The molecule has 29 heavy (non-hydrogen) atoms. The van der Waals surface area contributed by atoms with E-state index in [1.165, 1.54) is 22.9 Å². The fourth-order valence-electron chi connectivity index (χ4n) is 2.85. The van der Waals surface area contributed by atoms with E-state index in [4.69, 9.17) is 17.3 Å². The zero-order valence-corrected chi connectivity index (χ0v) is 15.5. The Morgan fingerprint density at radius 3 is 2.55 bits per heavy atom. The Bertz CT molecular complexity index is 1260. The summed E-state index contributed by atoms with van der Waals surface area (Å²) in [5, 5.41) is 2.53. The van der Waals surface area contributed by atoms with Crippen molar-refractivity contribution >= 4 is 34.7 Å². The summed E-state index contributed by atoms with van der Waals surface area (Å²) in [4.78, 5) is 33.1. The van der Waals surface area contributed by atoms with Crippen molar-refractivity contribution in [1.82, 2.24) is 14.4 Å². The standard InChI is InChI=1S/C20H13ClFN5O2/c21-13-8-12(6-7-14(13)22)25-20(29)16-9-15(11-4-2-1-3-5-11)26-19-17(18(23)28)24-10-27(16)19/h1-10H,(H2,23,28)(H,25,29). The number of hydrogen-bond acceptors (Lipinski definition) is 4. The number of aromatic nitrogens is 3. The van der Waals surface area contributed by atoms with Crippen LogP contribution < -0.4 is 11.1 Å². The van der Waals surface area contributed by atoms with Gasteiger partial charge in [0.15, 0.2) is 11.3 Å². The molecule has 0 aliphatic rings. The van der Waals surface area contributed by atoms with Crippen molar-refractivity contribution in [2.24, 2.45) is 5.73 Å². The highest BCUT2D eigenvalue weighted by Gasteiger charge is 2.20. The van der Waals surface area contributed by atoms with Crippen LogP contribution in [-0.4, -0.2) is 26.2 Å². The Kier molecular flexibility index (Phi) is 4.69. The van der Waals surface area contributed by atoms with Crippen LogP contribution in [0, 0.1) is 5.82 Å². The van der Waals surface area contributed by atoms with Crippen molar-refractivity contribution in [2.45, 2.75) is 0 Å². The van der Waals surface area contributed by atoms with Crippen LogP contribution in [0.4, 0.5) is 10.1 Å². The molecule has 0 saturated heterocycles. The minimum atomic E-state index is -0.762. The number of nitrogens with two attached hydrogens (primary N) is 1. The van der Waals surface area contributed by atoms with Crippen LogP contribution in [0.3, 0.4) is 0 Å². The molecule has 4 aromatic rings. The number of anilines is 1. The summed E-state index contributed by atoms with van der Waals surface area (Å²) in [5.74, 6) is -1.88. The van der Waals surface area contributed by atoms with Crippen molar-refractivity contribution in [3.8, 4) is 11.3 Å². The molecule has 9 heteroatoms. The van der Waals surface area contributed by atoms with Crippen LogP contribution in [-0.2, 0) is 0 Å². The molecule has 0 aliphatic heterocycles. The lowest BCUT2D eigenvalue weighted by atomic mass is 10.1. The van der Waals surface area contributed by atoms with Crippen LogP contribution in [0.5, 0.6) is 0 Å². The van der Waals surface area contributed by atoms with E-state index in [2.05, 4.69) is 15.3 Å². The molecule has 0 saturated carbocycles.